The van der Waals surface area contributed by atoms with Crippen molar-refractivity contribution in [1.29, 1.82) is 0 Å². The molecular formula is C24H26N2O9. The summed E-state index contributed by atoms with van der Waals surface area (Å²) in [5, 5.41) is 21.9. The Kier molecular flexibility index (Phi) is 5.98. The lowest BCUT2D eigenvalue weighted by atomic mass is 9.52. The number of phenolic OH excluding ortho intramolecular Hbond substituents is 1. The van der Waals surface area contributed by atoms with Gasteiger partial charge in [-0.3, -0.25) is 33.7 Å². The van der Waals surface area contributed by atoms with Gasteiger partial charge >= 0.3 is 0 Å². The molecule has 11 nitrogen and oxygen atoms in total. The van der Waals surface area contributed by atoms with Crippen LogP contribution in [0.3, 0.4) is 0 Å². The molecule has 1 aromatic rings. The summed E-state index contributed by atoms with van der Waals surface area (Å²) in [6, 6.07) is 1.36. The van der Waals surface area contributed by atoms with Gasteiger partial charge in [0.1, 0.15) is 12.4 Å². The van der Waals surface area contributed by atoms with E-state index in [0.717, 1.165) is 0 Å². The summed E-state index contributed by atoms with van der Waals surface area (Å²) in [7, 11) is 4.35. The van der Waals surface area contributed by atoms with E-state index < -0.39 is 75.9 Å². The van der Waals surface area contributed by atoms with Crippen molar-refractivity contribution in [3.05, 3.63) is 28.8 Å². The third-order valence-electron chi connectivity index (χ3n) is 7.52. The molecule has 1 aromatic carbocycles. The first kappa shape index (κ1) is 24.8. The van der Waals surface area contributed by atoms with E-state index in [-0.39, 0.29) is 36.1 Å². The number of ether oxygens (including phenoxy) is 1. The van der Waals surface area contributed by atoms with Crippen LogP contribution in [0.2, 0.25) is 0 Å². The van der Waals surface area contributed by atoms with Crippen molar-refractivity contribution in [2.75, 3.05) is 27.8 Å². The van der Waals surface area contributed by atoms with Gasteiger partial charge in [-0.25, -0.2) is 0 Å². The number of primary amides is 1. The summed E-state index contributed by atoms with van der Waals surface area (Å²) in [6.07, 6.45) is -0.0670. The quantitative estimate of drug-likeness (QED) is 0.334. The molecule has 2 saturated carbocycles. The van der Waals surface area contributed by atoms with E-state index in [4.69, 9.17) is 10.5 Å². The van der Waals surface area contributed by atoms with E-state index in [1.807, 2.05) is 0 Å². The van der Waals surface area contributed by atoms with E-state index >= 15 is 0 Å². The number of Topliss-reactive ketones (excluding diaryl/α,β-unsaturated/α-hetero) is 5. The number of nitrogens with two attached hydrogens (primary N) is 1. The third-order valence-corrected chi connectivity index (χ3v) is 7.52. The second-order valence-corrected chi connectivity index (χ2v) is 9.63. The van der Waals surface area contributed by atoms with Crippen LogP contribution in [0.25, 0.3) is 0 Å². The zero-order valence-corrected chi connectivity index (χ0v) is 19.4. The van der Waals surface area contributed by atoms with Gasteiger partial charge in [-0.05, 0) is 50.6 Å². The Balaban J connectivity index is 1.87. The number of aliphatic hydroxyl groups is 1. The minimum Gasteiger partial charge on any atom is -0.507 e. The highest BCUT2D eigenvalue weighted by Crippen LogP contribution is 2.51. The highest BCUT2D eigenvalue weighted by atomic mass is 16.5. The molecule has 6 atom stereocenters. The van der Waals surface area contributed by atoms with Gasteiger partial charge in [0.25, 0.3) is 0 Å². The van der Waals surface area contributed by atoms with Gasteiger partial charge in [-0.15, -0.1) is 0 Å². The highest BCUT2D eigenvalue weighted by Gasteiger charge is 2.69. The predicted octanol–water partition coefficient (Wildman–Crippen LogP) is -1.30. The Bertz CT molecular complexity index is 1190. The maximum atomic E-state index is 13.7. The minimum absolute atomic E-state index is 0.0189. The zero-order valence-electron chi connectivity index (χ0n) is 19.4. The van der Waals surface area contributed by atoms with Crippen molar-refractivity contribution in [2.24, 2.45) is 29.4 Å². The number of nitrogens with zero attached hydrogens (tertiary/aromatic N) is 1. The smallest absolute Gasteiger partial charge is 0.235 e. The maximum absolute atomic E-state index is 13.7. The van der Waals surface area contributed by atoms with E-state index in [2.05, 4.69) is 0 Å². The van der Waals surface area contributed by atoms with Crippen LogP contribution >= 0.6 is 0 Å². The fraction of sp³-hybridized carbons (Fsp3) is 0.500. The van der Waals surface area contributed by atoms with Gasteiger partial charge in [0, 0.05) is 18.6 Å². The SMILES string of the molecule is COCC(=O)c1ccc(O)c2c1C[C@H]1C[C@H]3[C@H](N(C)C)C(=O)C(C(N)=O)C(=O)[C@@]3(O)C(=O)C1C2=O. The molecule has 0 bridgehead atoms. The van der Waals surface area contributed by atoms with Gasteiger partial charge in [0.2, 0.25) is 5.91 Å². The van der Waals surface area contributed by atoms with Crippen molar-refractivity contribution >= 4 is 34.8 Å². The number of methoxy groups -OCH3 is 1. The molecule has 0 saturated heterocycles. The molecule has 35 heavy (non-hydrogen) atoms. The van der Waals surface area contributed by atoms with Gasteiger partial charge in [-0.1, -0.05) is 0 Å². The number of hydrogen-bond acceptors (Lipinski definition) is 10. The van der Waals surface area contributed by atoms with Crippen molar-refractivity contribution in [2.45, 2.75) is 24.5 Å². The second-order valence-electron chi connectivity index (χ2n) is 9.63. The van der Waals surface area contributed by atoms with Crippen molar-refractivity contribution in [3.8, 4) is 5.75 Å². The van der Waals surface area contributed by atoms with Gasteiger partial charge < -0.3 is 20.7 Å². The number of fused-ring (bicyclic) bond motifs is 3. The van der Waals surface area contributed by atoms with Crippen LogP contribution in [-0.2, 0) is 30.3 Å². The largest absolute Gasteiger partial charge is 0.507 e. The van der Waals surface area contributed by atoms with Crippen LogP contribution in [0.1, 0.15) is 32.7 Å². The first-order valence-electron chi connectivity index (χ1n) is 11.1. The first-order chi connectivity index (χ1) is 16.4. The summed E-state index contributed by atoms with van der Waals surface area (Å²) in [5.41, 5.74) is 2.69. The molecular weight excluding hydrogens is 460 g/mol. The van der Waals surface area contributed by atoms with Gasteiger partial charge in [0.15, 0.2) is 40.4 Å². The fourth-order valence-corrected chi connectivity index (χ4v) is 6.07. The van der Waals surface area contributed by atoms with Crippen LogP contribution in [0, 0.1) is 23.7 Å². The monoisotopic (exact) mass is 486 g/mol. The molecule has 0 radical (unpaired) electrons. The van der Waals surface area contributed by atoms with Crippen LogP contribution in [0.5, 0.6) is 5.75 Å². The van der Waals surface area contributed by atoms with E-state index in [1.165, 1.54) is 38.2 Å². The molecule has 0 aliphatic heterocycles. The number of rotatable bonds is 5. The Hall–Kier alpha value is -3.28. The standard InChI is InChI=1S/C24H26N2O9/c1-26(2)18-12-7-9-6-11-10(14(28)8-35-3)4-5-13(27)16(11)19(29)15(9)21(31)24(12,34)22(32)17(20(18)30)23(25)33/h4-5,9,12,15,17-18,27,34H,6-8H2,1-3H3,(H2,25,33)/t9-,12-,15?,17?,18-,24-/m0/s1. The fourth-order valence-electron chi connectivity index (χ4n) is 6.07. The third kappa shape index (κ3) is 3.37. The molecule has 2 unspecified atom stereocenters. The lowest BCUT2D eigenvalue weighted by Gasteiger charge is -2.52. The number of benzene rings is 1. The number of carbonyl (C=O) groups is 6. The summed E-state index contributed by atoms with van der Waals surface area (Å²) >= 11 is 0. The Labute approximate surface area is 200 Å². The summed E-state index contributed by atoms with van der Waals surface area (Å²) < 4.78 is 4.90. The highest BCUT2D eigenvalue weighted by molar-refractivity contribution is 6.32. The van der Waals surface area contributed by atoms with Crippen LogP contribution in [-0.4, -0.2) is 89.4 Å². The lowest BCUT2D eigenvalue weighted by molar-refractivity contribution is -0.181. The Morgan fingerprint density at radius 1 is 1.17 bits per heavy atom. The molecule has 0 aromatic heterocycles. The summed E-state index contributed by atoms with van der Waals surface area (Å²) in [4.78, 5) is 79.4. The van der Waals surface area contributed by atoms with Crippen molar-refractivity contribution in [3.63, 3.8) is 0 Å². The Morgan fingerprint density at radius 3 is 2.40 bits per heavy atom. The zero-order chi connectivity index (χ0) is 26.0. The average Bonchev–Trinajstić information content (AvgIpc) is 2.76. The molecule has 3 aliphatic rings. The predicted molar refractivity (Wildman–Crippen MR) is 118 cm³/mol. The number of ketones is 5. The minimum atomic E-state index is -2.78. The topological polar surface area (TPSA) is 181 Å². The molecule has 4 rings (SSSR count). The molecule has 0 heterocycles. The summed E-state index contributed by atoms with van der Waals surface area (Å²) in [6.45, 7) is -0.263. The number of aromatic hydroxyl groups is 1. The van der Waals surface area contributed by atoms with Gasteiger partial charge in [-0.2, -0.15) is 0 Å². The first-order valence-corrected chi connectivity index (χ1v) is 11.1. The number of phenols is 1. The molecule has 2 fully saturated rings. The molecule has 1 amide bonds. The van der Waals surface area contributed by atoms with Crippen LogP contribution in [0.4, 0.5) is 0 Å². The maximum Gasteiger partial charge on any atom is 0.235 e. The number of amides is 1. The Morgan fingerprint density at radius 2 is 1.83 bits per heavy atom. The summed E-state index contributed by atoms with van der Waals surface area (Å²) in [5.74, 6) is -11.8. The molecule has 3 aliphatic carbocycles. The van der Waals surface area contributed by atoms with E-state index in [0.29, 0.717) is 0 Å². The van der Waals surface area contributed by atoms with Crippen molar-refractivity contribution in [1.82, 2.24) is 4.90 Å². The van der Waals surface area contributed by atoms with Crippen LogP contribution in [0.15, 0.2) is 12.1 Å². The molecule has 0 spiro atoms. The number of hydrogen-bond donors (Lipinski definition) is 3. The van der Waals surface area contributed by atoms with Crippen LogP contribution < -0.4 is 5.73 Å². The number of carbonyl (C=O) groups excluding carboxylic acids is 6. The molecule has 186 valence electrons. The second kappa shape index (κ2) is 8.43. The van der Waals surface area contributed by atoms with E-state index in [1.54, 1.807) is 0 Å². The van der Waals surface area contributed by atoms with E-state index in [9.17, 15) is 39.0 Å². The average molecular weight is 486 g/mol. The van der Waals surface area contributed by atoms with Crippen molar-refractivity contribution < 1.29 is 43.7 Å². The van der Waals surface area contributed by atoms with Gasteiger partial charge in [0.05, 0.1) is 17.5 Å². The lowest BCUT2D eigenvalue weighted by Crippen LogP contribution is -2.74. The number of likely N-dealkylation sites (N-methyl/N-ethyl adjacent to an activating group) is 1. The molecule has 11 heteroatoms. The normalized spacial score (nSPS) is 32.2. The molecule has 4 N–H and O–H groups in total.